The summed E-state index contributed by atoms with van der Waals surface area (Å²) >= 11 is 0. The van der Waals surface area contributed by atoms with E-state index < -0.39 is 0 Å². The van der Waals surface area contributed by atoms with Crippen molar-refractivity contribution < 1.29 is 14.0 Å². The fourth-order valence-corrected chi connectivity index (χ4v) is 4.25. The molecule has 0 N–H and O–H groups in total. The Morgan fingerprint density at radius 1 is 1.17 bits per heavy atom. The van der Waals surface area contributed by atoms with Gasteiger partial charge in [-0.05, 0) is 31.5 Å². The Kier molecular flexibility index (Phi) is 5.18. The summed E-state index contributed by atoms with van der Waals surface area (Å²) < 4.78 is 7.72. The smallest absolute Gasteiger partial charge is 0.270 e. The Labute approximate surface area is 170 Å². The highest BCUT2D eigenvalue weighted by molar-refractivity contribution is 5.98. The van der Waals surface area contributed by atoms with Crippen LogP contribution in [0.5, 0.6) is 0 Å². The first kappa shape index (κ1) is 19.3. The van der Waals surface area contributed by atoms with Crippen LogP contribution in [0, 0.1) is 0 Å². The van der Waals surface area contributed by atoms with Gasteiger partial charge in [0.2, 0.25) is 11.6 Å². The summed E-state index contributed by atoms with van der Waals surface area (Å²) in [7, 11) is 0. The standard InChI is InChI=1S/C23H27N3O3/c1-4-21(27)25-12-11-24(15-16(25)2)22(28)20-14-19-10-13-29-23(19)26(20)17(3)18-8-6-5-7-9-18/h5-10,13-14,16-17H,4,11-12,15H2,1-3H3/t16-,17-/m1/s1. The number of rotatable bonds is 4. The maximum Gasteiger partial charge on any atom is 0.270 e. The van der Waals surface area contributed by atoms with E-state index in [1.807, 2.05) is 58.5 Å². The molecule has 1 aliphatic rings. The van der Waals surface area contributed by atoms with Gasteiger partial charge >= 0.3 is 0 Å². The Bertz CT molecular complexity index is 1020. The molecule has 0 saturated carbocycles. The van der Waals surface area contributed by atoms with E-state index in [2.05, 4.69) is 19.1 Å². The third kappa shape index (κ3) is 3.43. The average molecular weight is 393 g/mol. The highest BCUT2D eigenvalue weighted by atomic mass is 16.3. The van der Waals surface area contributed by atoms with Gasteiger partial charge in [0.25, 0.3) is 5.91 Å². The monoisotopic (exact) mass is 393 g/mol. The molecule has 2 aromatic heterocycles. The molecule has 0 spiro atoms. The molecule has 1 aromatic carbocycles. The van der Waals surface area contributed by atoms with Crippen molar-refractivity contribution in [1.82, 2.24) is 14.4 Å². The molecular weight excluding hydrogens is 366 g/mol. The van der Waals surface area contributed by atoms with Crippen LogP contribution < -0.4 is 0 Å². The number of benzene rings is 1. The van der Waals surface area contributed by atoms with Crippen molar-refractivity contribution in [3.05, 3.63) is 60.0 Å². The third-order valence-electron chi connectivity index (χ3n) is 5.87. The quantitative estimate of drug-likeness (QED) is 0.675. The van der Waals surface area contributed by atoms with E-state index >= 15 is 0 Å². The van der Waals surface area contributed by atoms with Crippen LogP contribution in [-0.4, -0.2) is 51.9 Å². The number of hydrogen-bond acceptors (Lipinski definition) is 3. The van der Waals surface area contributed by atoms with Gasteiger partial charge in [0.1, 0.15) is 5.69 Å². The molecule has 0 bridgehead atoms. The Hall–Kier alpha value is -3.02. The van der Waals surface area contributed by atoms with Crippen LogP contribution in [0.2, 0.25) is 0 Å². The second-order valence-electron chi connectivity index (χ2n) is 7.71. The van der Waals surface area contributed by atoms with Crippen LogP contribution in [0.25, 0.3) is 11.1 Å². The molecule has 6 heteroatoms. The number of piperazine rings is 1. The van der Waals surface area contributed by atoms with Crippen molar-refractivity contribution in [2.75, 3.05) is 19.6 Å². The topological polar surface area (TPSA) is 58.7 Å². The maximum atomic E-state index is 13.5. The number of furan rings is 1. The van der Waals surface area contributed by atoms with E-state index in [1.54, 1.807) is 6.26 Å². The predicted molar refractivity (Wildman–Crippen MR) is 112 cm³/mol. The van der Waals surface area contributed by atoms with Gasteiger partial charge in [0, 0.05) is 37.5 Å². The predicted octanol–water partition coefficient (Wildman–Crippen LogP) is 3.93. The summed E-state index contributed by atoms with van der Waals surface area (Å²) in [5.41, 5.74) is 2.44. The Morgan fingerprint density at radius 2 is 1.93 bits per heavy atom. The van der Waals surface area contributed by atoms with Gasteiger partial charge < -0.3 is 14.2 Å². The molecule has 6 nitrogen and oxygen atoms in total. The number of fused-ring (bicyclic) bond motifs is 1. The van der Waals surface area contributed by atoms with E-state index in [-0.39, 0.29) is 23.9 Å². The van der Waals surface area contributed by atoms with E-state index in [1.165, 1.54) is 0 Å². The normalized spacial score (nSPS) is 18.2. The van der Waals surface area contributed by atoms with Crippen LogP contribution in [0.1, 0.15) is 49.3 Å². The fraction of sp³-hybridized carbons (Fsp3) is 0.391. The molecule has 3 heterocycles. The number of hydrogen-bond donors (Lipinski definition) is 0. The third-order valence-corrected chi connectivity index (χ3v) is 5.87. The van der Waals surface area contributed by atoms with Gasteiger partial charge in [0.05, 0.1) is 12.3 Å². The fourth-order valence-electron chi connectivity index (χ4n) is 4.25. The van der Waals surface area contributed by atoms with Crippen LogP contribution in [0.3, 0.4) is 0 Å². The molecule has 1 aliphatic heterocycles. The molecule has 2 amide bonds. The largest absolute Gasteiger partial charge is 0.448 e. The van der Waals surface area contributed by atoms with Crippen molar-refractivity contribution in [2.24, 2.45) is 0 Å². The van der Waals surface area contributed by atoms with Gasteiger partial charge in [-0.1, -0.05) is 37.3 Å². The molecule has 152 valence electrons. The maximum absolute atomic E-state index is 13.5. The van der Waals surface area contributed by atoms with Crippen molar-refractivity contribution in [3.63, 3.8) is 0 Å². The number of aromatic nitrogens is 1. The van der Waals surface area contributed by atoms with Crippen LogP contribution >= 0.6 is 0 Å². The van der Waals surface area contributed by atoms with Crippen LogP contribution in [-0.2, 0) is 4.79 Å². The van der Waals surface area contributed by atoms with Gasteiger partial charge in [-0.15, -0.1) is 0 Å². The van der Waals surface area contributed by atoms with Crippen molar-refractivity contribution in [1.29, 1.82) is 0 Å². The van der Waals surface area contributed by atoms with Crippen LogP contribution in [0.15, 0.2) is 53.1 Å². The average Bonchev–Trinajstić information content (AvgIpc) is 3.34. The van der Waals surface area contributed by atoms with Crippen LogP contribution in [0.4, 0.5) is 0 Å². The second-order valence-corrected chi connectivity index (χ2v) is 7.71. The first-order valence-corrected chi connectivity index (χ1v) is 10.2. The lowest BCUT2D eigenvalue weighted by Crippen LogP contribution is -2.55. The first-order valence-electron chi connectivity index (χ1n) is 10.2. The summed E-state index contributed by atoms with van der Waals surface area (Å²) in [4.78, 5) is 29.3. The summed E-state index contributed by atoms with van der Waals surface area (Å²) in [6.45, 7) is 7.61. The first-order chi connectivity index (χ1) is 14.0. The minimum Gasteiger partial charge on any atom is -0.448 e. The zero-order chi connectivity index (χ0) is 20.5. The molecule has 0 unspecified atom stereocenters. The van der Waals surface area contributed by atoms with Gasteiger partial charge in [-0.3, -0.25) is 14.2 Å². The Balaban J connectivity index is 1.65. The lowest BCUT2D eigenvalue weighted by atomic mass is 10.1. The minimum atomic E-state index is -0.0424. The number of amides is 2. The van der Waals surface area contributed by atoms with Gasteiger partial charge in [-0.2, -0.15) is 0 Å². The number of carbonyl (C=O) groups is 2. The summed E-state index contributed by atoms with van der Waals surface area (Å²) in [6, 6.07) is 13.9. The second kappa shape index (κ2) is 7.78. The molecule has 4 rings (SSSR count). The van der Waals surface area contributed by atoms with Gasteiger partial charge in [0.15, 0.2) is 0 Å². The van der Waals surface area contributed by atoms with Crippen molar-refractivity contribution in [3.8, 4) is 0 Å². The highest BCUT2D eigenvalue weighted by Crippen LogP contribution is 2.30. The zero-order valence-electron chi connectivity index (χ0n) is 17.2. The summed E-state index contributed by atoms with van der Waals surface area (Å²) in [6.07, 6.45) is 2.15. The highest BCUT2D eigenvalue weighted by Gasteiger charge is 2.32. The Morgan fingerprint density at radius 3 is 2.62 bits per heavy atom. The minimum absolute atomic E-state index is 0.0121. The van der Waals surface area contributed by atoms with E-state index in [4.69, 9.17) is 4.42 Å². The lowest BCUT2D eigenvalue weighted by molar-refractivity contribution is -0.134. The molecule has 3 aromatic rings. The molecule has 2 atom stereocenters. The lowest BCUT2D eigenvalue weighted by Gasteiger charge is -2.40. The zero-order valence-corrected chi connectivity index (χ0v) is 17.2. The van der Waals surface area contributed by atoms with E-state index in [9.17, 15) is 9.59 Å². The molecular formula is C23H27N3O3. The van der Waals surface area contributed by atoms with E-state index in [0.717, 1.165) is 10.9 Å². The van der Waals surface area contributed by atoms with E-state index in [0.29, 0.717) is 37.5 Å². The SMILES string of the molecule is CCC(=O)N1CCN(C(=O)c2cc3ccoc3n2[C@H](C)c2ccccc2)C[C@H]1C. The molecule has 29 heavy (non-hydrogen) atoms. The number of nitrogens with zero attached hydrogens (tertiary/aromatic N) is 3. The molecule has 0 aliphatic carbocycles. The molecule has 0 radical (unpaired) electrons. The van der Waals surface area contributed by atoms with Gasteiger partial charge in [-0.25, -0.2) is 0 Å². The summed E-state index contributed by atoms with van der Waals surface area (Å²) in [5, 5.41) is 0.920. The number of carbonyl (C=O) groups excluding carboxylic acids is 2. The van der Waals surface area contributed by atoms with Crippen molar-refractivity contribution in [2.45, 2.75) is 39.3 Å². The molecule has 1 fully saturated rings. The van der Waals surface area contributed by atoms with Crippen molar-refractivity contribution >= 4 is 22.9 Å². The molecule has 1 saturated heterocycles. The summed E-state index contributed by atoms with van der Waals surface area (Å²) in [5.74, 6) is 0.123.